The molecule has 0 unspecified atom stereocenters. The summed E-state index contributed by atoms with van der Waals surface area (Å²) in [5, 5.41) is 0. The van der Waals surface area contributed by atoms with Gasteiger partial charge in [-0.25, -0.2) is 9.37 Å². The van der Waals surface area contributed by atoms with Gasteiger partial charge >= 0.3 is 0 Å². The van der Waals surface area contributed by atoms with Crippen molar-refractivity contribution in [2.24, 2.45) is 11.7 Å². The number of carbonyl (C=O) groups is 1. The van der Waals surface area contributed by atoms with Crippen LogP contribution in [0.1, 0.15) is 13.8 Å². The van der Waals surface area contributed by atoms with Crippen molar-refractivity contribution in [1.82, 2.24) is 9.88 Å². The van der Waals surface area contributed by atoms with Crippen LogP contribution < -0.4 is 10.6 Å². The van der Waals surface area contributed by atoms with E-state index in [0.29, 0.717) is 26.2 Å². The van der Waals surface area contributed by atoms with Gasteiger partial charge in [-0.1, -0.05) is 13.8 Å². The lowest BCUT2D eigenvalue weighted by atomic mass is 10.0. The second kappa shape index (κ2) is 6.17. The lowest BCUT2D eigenvalue weighted by molar-refractivity contribution is -0.133. The highest BCUT2D eigenvalue weighted by Gasteiger charge is 2.27. The molecule has 6 heteroatoms. The SMILES string of the molecule is CC(C)[C@H](N)C(=O)N1CCN(c2ccc(F)cn2)CC1. The third-order valence-electron chi connectivity index (χ3n) is 3.63. The minimum atomic E-state index is -0.439. The van der Waals surface area contributed by atoms with Gasteiger partial charge in [-0.2, -0.15) is 0 Å². The fraction of sp³-hybridized carbons (Fsp3) is 0.571. The second-order valence-electron chi connectivity index (χ2n) is 5.42. The van der Waals surface area contributed by atoms with Gasteiger partial charge in [0.15, 0.2) is 0 Å². The van der Waals surface area contributed by atoms with Crippen LogP contribution in [0.25, 0.3) is 0 Å². The maximum absolute atomic E-state index is 12.8. The van der Waals surface area contributed by atoms with Crippen molar-refractivity contribution in [1.29, 1.82) is 0 Å². The van der Waals surface area contributed by atoms with Crippen LogP contribution in [0.2, 0.25) is 0 Å². The fourth-order valence-electron chi connectivity index (χ4n) is 2.21. The maximum Gasteiger partial charge on any atom is 0.239 e. The summed E-state index contributed by atoms with van der Waals surface area (Å²) < 4.78 is 12.8. The van der Waals surface area contributed by atoms with Crippen molar-refractivity contribution in [3.8, 4) is 0 Å². The van der Waals surface area contributed by atoms with Crippen molar-refractivity contribution < 1.29 is 9.18 Å². The summed E-state index contributed by atoms with van der Waals surface area (Å²) in [6, 6.07) is 2.62. The van der Waals surface area contributed by atoms with E-state index in [2.05, 4.69) is 4.98 Å². The van der Waals surface area contributed by atoms with Crippen LogP contribution in [0.15, 0.2) is 18.3 Å². The predicted molar refractivity (Wildman–Crippen MR) is 75.8 cm³/mol. The lowest BCUT2D eigenvalue weighted by Gasteiger charge is -2.37. The first-order valence-corrected chi connectivity index (χ1v) is 6.90. The second-order valence-corrected chi connectivity index (χ2v) is 5.42. The molecule has 1 amide bonds. The van der Waals surface area contributed by atoms with Crippen molar-refractivity contribution >= 4 is 11.7 Å². The van der Waals surface area contributed by atoms with Gasteiger partial charge in [-0.3, -0.25) is 4.79 Å². The van der Waals surface area contributed by atoms with Crippen LogP contribution in [0.5, 0.6) is 0 Å². The number of rotatable bonds is 3. The third-order valence-corrected chi connectivity index (χ3v) is 3.63. The molecule has 1 aromatic heterocycles. The molecule has 0 aromatic carbocycles. The molecule has 0 spiro atoms. The quantitative estimate of drug-likeness (QED) is 0.891. The first-order valence-electron chi connectivity index (χ1n) is 6.90. The van der Waals surface area contributed by atoms with E-state index in [1.54, 1.807) is 11.0 Å². The van der Waals surface area contributed by atoms with Gasteiger partial charge in [-0.05, 0) is 18.1 Å². The number of nitrogens with zero attached hydrogens (tertiary/aromatic N) is 3. The topological polar surface area (TPSA) is 62.5 Å². The molecule has 2 N–H and O–H groups in total. The Labute approximate surface area is 118 Å². The molecule has 1 aromatic rings. The minimum absolute atomic E-state index is 0.00622. The number of hydrogen-bond donors (Lipinski definition) is 1. The van der Waals surface area contributed by atoms with Gasteiger partial charge in [0.25, 0.3) is 0 Å². The first kappa shape index (κ1) is 14.7. The van der Waals surface area contributed by atoms with Gasteiger partial charge in [0.05, 0.1) is 12.2 Å². The van der Waals surface area contributed by atoms with Crippen molar-refractivity contribution in [3.05, 3.63) is 24.1 Å². The number of amides is 1. The van der Waals surface area contributed by atoms with E-state index in [-0.39, 0.29) is 17.6 Å². The van der Waals surface area contributed by atoms with Crippen molar-refractivity contribution in [3.63, 3.8) is 0 Å². The summed E-state index contributed by atoms with van der Waals surface area (Å²) >= 11 is 0. The number of anilines is 1. The number of pyridine rings is 1. The smallest absolute Gasteiger partial charge is 0.239 e. The van der Waals surface area contributed by atoms with Crippen LogP contribution >= 0.6 is 0 Å². The molecule has 1 fully saturated rings. The molecule has 0 bridgehead atoms. The van der Waals surface area contributed by atoms with E-state index in [4.69, 9.17) is 5.73 Å². The monoisotopic (exact) mass is 280 g/mol. The van der Waals surface area contributed by atoms with Crippen LogP contribution in [-0.4, -0.2) is 48.0 Å². The summed E-state index contributed by atoms with van der Waals surface area (Å²) in [4.78, 5) is 20.0. The van der Waals surface area contributed by atoms with Crippen molar-refractivity contribution in [2.75, 3.05) is 31.1 Å². The van der Waals surface area contributed by atoms with Crippen LogP contribution in [0, 0.1) is 11.7 Å². The Morgan fingerprint density at radius 2 is 1.95 bits per heavy atom. The molecular formula is C14H21FN4O. The normalized spacial score (nSPS) is 17.4. The molecule has 1 saturated heterocycles. The van der Waals surface area contributed by atoms with E-state index in [1.165, 1.54) is 12.3 Å². The number of halogens is 1. The summed E-state index contributed by atoms with van der Waals surface area (Å²) in [5.74, 6) is 0.545. The third kappa shape index (κ3) is 3.25. The highest BCUT2D eigenvalue weighted by molar-refractivity contribution is 5.82. The van der Waals surface area contributed by atoms with Gasteiger partial charge < -0.3 is 15.5 Å². The molecule has 110 valence electrons. The first-order chi connectivity index (χ1) is 9.49. The molecule has 0 radical (unpaired) electrons. The fourth-order valence-corrected chi connectivity index (χ4v) is 2.21. The lowest BCUT2D eigenvalue weighted by Crippen LogP contribution is -2.54. The molecule has 2 rings (SSSR count). The maximum atomic E-state index is 12.8. The molecule has 20 heavy (non-hydrogen) atoms. The van der Waals surface area contributed by atoms with E-state index in [9.17, 15) is 9.18 Å². The average molecular weight is 280 g/mol. The summed E-state index contributed by atoms with van der Waals surface area (Å²) in [7, 11) is 0. The van der Waals surface area contributed by atoms with Crippen LogP contribution in [-0.2, 0) is 4.79 Å². The predicted octanol–water partition coefficient (Wildman–Crippen LogP) is 0.853. The van der Waals surface area contributed by atoms with Crippen LogP contribution in [0.3, 0.4) is 0 Å². The number of carbonyl (C=O) groups excluding carboxylic acids is 1. The summed E-state index contributed by atoms with van der Waals surface area (Å²) in [6.07, 6.45) is 1.21. The van der Waals surface area contributed by atoms with E-state index in [1.807, 2.05) is 18.7 Å². The number of nitrogens with two attached hydrogens (primary N) is 1. The molecule has 0 saturated carbocycles. The zero-order chi connectivity index (χ0) is 14.7. The number of hydrogen-bond acceptors (Lipinski definition) is 4. The summed E-state index contributed by atoms with van der Waals surface area (Å²) in [5.41, 5.74) is 5.89. The molecule has 1 aliphatic heterocycles. The molecular weight excluding hydrogens is 259 g/mol. The van der Waals surface area contributed by atoms with Gasteiger partial charge in [0, 0.05) is 26.2 Å². The molecule has 5 nitrogen and oxygen atoms in total. The van der Waals surface area contributed by atoms with Crippen molar-refractivity contribution in [2.45, 2.75) is 19.9 Å². The highest BCUT2D eigenvalue weighted by Crippen LogP contribution is 2.14. The van der Waals surface area contributed by atoms with E-state index in [0.717, 1.165) is 5.82 Å². The zero-order valence-electron chi connectivity index (χ0n) is 11.9. The molecule has 1 aliphatic rings. The standard InChI is InChI=1S/C14H21FN4O/c1-10(2)13(16)14(20)19-7-5-18(6-8-19)12-4-3-11(15)9-17-12/h3-4,9-10,13H,5-8,16H2,1-2H3/t13-/m0/s1. The molecule has 1 atom stereocenters. The average Bonchev–Trinajstić information content (AvgIpc) is 2.46. The number of piperazine rings is 1. The largest absolute Gasteiger partial charge is 0.353 e. The van der Waals surface area contributed by atoms with Gasteiger partial charge in [0.2, 0.25) is 5.91 Å². The minimum Gasteiger partial charge on any atom is -0.353 e. The Balaban J connectivity index is 1.92. The Hall–Kier alpha value is -1.69. The Morgan fingerprint density at radius 1 is 1.30 bits per heavy atom. The number of aromatic nitrogens is 1. The molecule has 0 aliphatic carbocycles. The Morgan fingerprint density at radius 3 is 2.45 bits per heavy atom. The molecule has 2 heterocycles. The zero-order valence-corrected chi connectivity index (χ0v) is 11.9. The highest BCUT2D eigenvalue weighted by atomic mass is 19.1. The van der Waals surface area contributed by atoms with Crippen LogP contribution in [0.4, 0.5) is 10.2 Å². The van der Waals surface area contributed by atoms with Gasteiger partial charge in [0.1, 0.15) is 11.6 Å². The summed E-state index contributed by atoms with van der Waals surface area (Å²) in [6.45, 7) is 6.52. The van der Waals surface area contributed by atoms with E-state index >= 15 is 0 Å². The van der Waals surface area contributed by atoms with Gasteiger partial charge in [-0.15, -0.1) is 0 Å². The van der Waals surface area contributed by atoms with E-state index < -0.39 is 6.04 Å². The Kier molecular flexibility index (Phi) is 4.54. The Bertz CT molecular complexity index is 455.